The van der Waals surface area contributed by atoms with Gasteiger partial charge in [-0.3, -0.25) is 0 Å². The highest BCUT2D eigenvalue weighted by Crippen LogP contribution is 2.17. The summed E-state index contributed by atoms with van der Waals surface area (Å²) in [5.41, 5.74) is 0. The van der Waals surface area contributed by atoms with Crippen LogP contribution in [0, 0.1) is 11.8 Å². The van der Waals surface area contributed by atoms with Gasteiger partial charge in [-0.25, -0.2) is 0 Å². The predicted molar refractivity (Wildman–Crippen MR) is 40.3 cm³/mol. The Bertz CT molecular complexity index is 57.6. The average Bonchev–Trinajstić information content (AvgIpc) is 1.90. The Hall–Kier alpha value is -0.0400. The van der Waals surface area contributed by atoms with Gasteiger partial charge < -0.3 is 5.11 Å². The molecule has 1 nitrogen and oxygen atoms in total. The Morgan fingerprint density at radius 2 is 1.78 bits per heavy atom. The minimum absolute atomic E-state index is 0.353. The van der Waals surface area contributed by atoms with E-state index in [0.29, 0.717) is 18.4 Å². The molecule has 2 atom stereocenters. The van der Waals surface area contributed by atoms with Crippen LogP contribution >= 0.6 is 0 Å². The minimum Gasteiger partial charge on any atom is -0.396 e. The first kappa shape index (κ1) is 8.96. The van der Waals surface area contributed by atoms with Crippen molar-refractivity contribution < 1.29 is 5.11 Å². The Balaban J connectivity index is 3.50. The Morgan fingerprint density at radius 3 is 1.89 bits per heavy atom. The molecule has 0 aliphatic rings. The van der Waals surface area contributed by atoms with Gasteiger partial charge >= 0.3 is 0 Å². The van der Waals surface area contributed by atoms with Gasteiger partial charge in [-0.05, 0) is 11.8 Å². The Labute approximate surface area is 58.1 Å². The summed E-state index contributed by atoms with van der Waals surface area (Å²) < 4.78 is 0. The molecule has 0 heterocycles. The SMILES string of the molecule is CC[C@H](CO)[C@@H](C)CC. The van der Waals surface area contributed by atoms with Crippen LogP contribution in [0.2, 0.25) is 0 Å². The van der Waals surface area contributed by atoms with Crippen LogP contribution in [0.5, 0.6) is 0 Å². The monoisotopic (exact) mass is 130 g/mol. The summed E-state index contributed by atoms with van der Waals surface area (Å²) in [5, 5.41) is 8.83. The smallest absolute Gasteiger partial charge is 0.0461 e. The number of aliphatic hydroxyl groups excluding tert-OH is 1. The number of rotatable bonds is 4. The van der Waals surface area contributed by atoms with Gasteiger partial charge in [0.25, 0.3) is 0 Å². The van der Waals surface area contributed by atoms with Crippen LogP contribution in [0.15, 0.2) is 0 Å². The van der Waals surface area contributed by atoms with Gasteiger partial charge in [0.15, 0.2) is 0 Å². The van der Waals surface area contributed by atoms with Crippen molar-refractivity contribution in [2.45, 2.75) is 33.6 Å². The largest absolute Gasteiger partial charge is 0.396 e. The van der Waals surface area contributed by atoms with E-state index in [1.807, 2.05) is 0 Å². The molecule has 0 saturated carbocycles. The highest BCUT2D eigenvalue weighted by molar-refractivity contribution is 4.61. The fraction of sp³-hybridized carbons (Fsp3) is 1.00. The molecule has 0 aromatic heterocycles. The highest BCUT2D eigenvalue weighted by Gasteiger charge is 2.10. The van der Waals surface area contributed by atoms with Crippen molar-refractivity contribution in [3.8, 4) is 0 Å². The van der Waals surface area contributed by atoms with Crippen LogP contribution in [0.1, 0.15) is 33.6 Å². The van der Waals surface area contributed by atoms with Crippen molar-refractivity contribution in [1.29, 1.82) is 0 Å². The molecule has 0 radical (unpaired) electrons. The van der Waals surface area contributed by atoms with Gasteiger partial charge in [-0.1, -0.05) is 33.6 Å². The zero-order valence-corrected chi connectivity index (χ0v) is 6.72. The van der Waals surface area contributed by atoms with Gasteiger partial charge in [0.05, 0.1) is 0 Å². The molecule has 0 saturated heterocycles. The molecule has 0 aromatic carbocycles. The molecule has 0 aromatic rings. The normalized spacial score (nSPS) is 17.3. The first-order valence-electron chi connectivity index (χ1n) is 3.87. The van der Waals surface area contributed by atoms with Crippen molar-refractivity contribution >= 4 is 0 Å². The molecule has 1 N–H and O–H groups in total. The summed E-state index contributed by atoms with van der Waals surface area (Å²) in [5.74, 6) is 1.20. The number of hydrogen-bond donors (Lipinski definition) is 1. The summed E-state index contributed by atoms with van der Waals surface area (Å²) in [7, 11) is 0. The minimum atomic E-state index is 0.353. The summed E-state index contributed by atoms with van der Waals surface area (Å²) in [6.45, 7) is 6.85. The van der Waals surface area contributed by atoms with Crippen molar-refractivity contribution in [2.24, 2.45) is 11.8 Å². The standard InChI is InChI=1S/C8H18O/c1-4-7(3)8(5-2)6-9/h7-9H,4-6H2,1-3H3/t7-,8+/m0/s1. The average molecular weight is 130 g/mol. The third-order valence-electron chi connectivity index (χ3n) is 2.21. The molecule has 0 bridgehead atoms. The maximum atomic E-state index is 8.83. The van der Waals surface area contributed by atoms with Crippen LogP contribution in [-0.4, -0.2) is 11.7 Å². The van der Waals surface area contributed by atoms with E-state index in [1.165, 1.54) is 6.42 Å². The molecule has 0 unspecified atom stereocenters. The molecular formula is C8H18O. The molecule has 0 aliphatic carbocycles. The van der Waals surface area contributed by atoms with Crippen molar-refractivity contribution in [3.05, 3.63) is 0 Å². The lowest BCUT2D eigenvalue weighted by atomic mass is 9.90. The van der Waals surface area contributed by atoms with E-state index < -0.39 is 0 Å². The van der Waals surface area contributed by atoms with E-state index in [1.54, 1.807) is 0 Å². The third-order valence-corrected chi connectivity index (χ3v) is 2.21. The molecule has 0 aliphatic heterocycles. The second kappa shape index (κ2) is 4.80. The Morgan fingerprint density at radius 1 is 1.22 bits per heavy atom. The van der Waals surface area contributed by atoms with E-state index >= 15 is 0 Å². The summed E-state index contributed by atoms with van der Waals surface area (Å²) in [6.07, 6.45) is 2.28. The lowest BCUT2D eigenvalue weighted by Gasteiger charge is -2.17. The van der Waals surface area contributed by atoms with E-state index in [2.05, 4.69) is 20.8 Å². The topological polar surface area (TPSA) is 20.2 Å². The molecule has 0 fully saturated rings. The van der Waals surface area contributed by atoms with Crippen LogP contribution < -0.4 is 0 Å². The Kier molecular flexibility index (Phi) is 4.78. The molecular weight excluding hydrogens is 112 g/mol. The van der Waals surface area contributed by atoms with Crippen LogP contribution in [0.4, 0.5) is 0 Å². The lowest BCUT2D eigenvalue weighted by Crippen LogP contribution is -2.13. The summed E-state index contributed by atoms with van der Waals surface area (Å²) in [6, 6.07) is 0. The first-order valence-corrected chi connectivity index (χ1v) is 3.87. The van der Waals surface area contributed by atoms with E-state index in [0.717, 1.165) is 6.42 Å². The van der Waals surface area contributed by atoms with E-state index in [9.17, 15) is 0 Å². The second-order valence-corrected chi connectivity index (χ2v) is 2.74. The second-order valence-electron chi connectivity index (χ2n) is 2.74. The van der Waals surface area contributed by atoms with Crippen LogP contribution in [0.25, 0.3) is 0 Å². The van der Waals surface area contributed by atoms with Crippen molar-refractivity contribution in [3.63, 3.8) is 0 Å². The van der Waals surface area contributed by atoms with Crippen LogP contribution in [0.3, 0.4) is 0 Å². The van der Waals surface area contributed by atoms with Crippen molar-refractivity contribution in [1.82, 2.24) is 0 Å². The number of aliphatic hydroxyl groups is 1. The molecule has 0 rings (SSSR count). The van der Waals surface area contributed by atoms with Gasteiger partial charge in [0.1, 0.15) is 0 Å². The van der Waals surface area contributed by atoms with Gasteiger partial charge in [0, 0.05) is 6.61 Å². The molecule has 1 heteroatoms. The zero-order valence-electron chi connectivity index (χ0n) is 6.72. The lowest BCUT2D eigenvalue weighted by molar-refractivity contribution is 0.176. The summed E-state index contributed by atoms with van der Waals surface area (Å²) in [4.78, 5) is 0. The van der Waals surface area contributed by atoms with Gasteiger partial charge in [-0.15, -0.1) is 0 Å². The van der Waals surface area contributed by atoms with Crippen LogP contribution in [-0.2, 0) is 0 Å². The number of hydrogen-bond acceptors (Lipinski definition) is 1. The zero-order chi connectivity index (χ0) is 7.28. The molecule has 56 valence electrons. The highest BCUT2D eigenvalue weighted by atomic mass is 16.3. The summed E-state index contributed by atoms with van der Waals surface area (Å²) >= 11 is 0. The first-order chi connectivity index (χ1) is 4.26. The molecule has 0 spiro atoms. The third kappa shape index (κ3) is 2.85. The quantitative estimate of drug-likeness (QED) is 0.617. The molecule has 9 heavy (non-hydrogen) atoms. The van der Waals surface area contributed by atoms with E-state index in [-0.39, 0.29) is 0 Å². The molecule has 0 amide bonds. The fourth-order valence-corrected chi connectivity index (χ4v) is 1.04. The maximum Gasteiger partial charge on any atom is 0.0461 e. The van der Waals surface area contributed by atoms with Gasteiger partial charge in [0.2, 0.25) is 0 Å². The fourth-order valence-electron chi connectivity index (χ4n) is 1.04. The van der Waals surface area contributed by atoms with E-state index in [4.69, 9.17) is 5.11 Å². The van der Waals surface area contributed by atoms with Crippen molar-refractivity contribution in [2.75, 3.05) is 6.61 Å². The van der Waals surface area contributed by atoms with Gasteiger partial charge in [-0.2, -0.15) is 0 Å². The maximum absolute atomic E-state index is 8.83. The predicted octanol–water partition coefficient (Wildman–Crippen LogP) is 2.05.